The number of hydrogen-bond donors (Lipinski definition) is 0. The zero-order valence-electron chi connectivity index (χ0n) is 7.69. The molecule has 0 aromatic heterocycles. The predicted octanol–water partition coefficient (Wildman–Crippen LogP) is 2.11. The highest BCUT2D eigenvalue weighted by Crippen LogP contribution is 2.15. The zero-order valence-corrected chi connectivity index (χ0v) is 7.69. The van der Waals surface area contributed by atoms with E-state index in [1.165, 1.54) is 0 Å². The third kappa shape index (κ3) is 2.04. The van der Waals surface area contributed by atoms with Crippen molar-refractivity contribution >= 4 is 23.7 Å². The van der Waals surface area contributed by atoms with E-state index in [1.54, 1.807) is 24.3 Å². The van der Waals surface area contributed by atoms with E-state index in [2.05, 4.69) is 13.2 Å². The van der Waals surface area contributed by atoms with E-state index in [0.29, 0.717) is 23.7 Å². The van der Waals surface area contributed by atoms with Gasteiger partial charge < -0.3 is 0 Å². The first kappa shape index (κ1) is 10.1. The number of hydrogen-bond acceptors (Lipinski definition) is 2. The Morgan fingerprint density at radius 1 is 0.857 bits per heavy atom. The molecule has 14 heavy (non-hydrogen) atoms. The molecule has 0 heterocycles. The van der Waals surface area contributed by atoms with Crippen LogP contribution in [-0.4, -0.2) is 12.6 Å². The maximum absolute atomic E-state index is 10.4. The second-order valence-corrected chi connectivity index (χ2v) is 2.86. The van der Waals surface area contributed by atoms with Gasteiger partial charge in [-0.05, 0) is 11.1 Å². The molecular formula is C12H10O2. The lowest BCUT2D eigenvalue weighted by molar-refractivity contribution is -0.104. The summed E-state index contributed by atoms with van der Waals surface area (Å²) in [6.45, 7) is 7.16. The van der Waals surface area contributed by atoms with E-state index in [-0.39, 0.29) is 0 Å². The highest BCUT2D eigenvalue weighted by Gasteiger charge is 1.99. The van der Waals surface area contributed by atoms with Gasteiger partial charge in [-0.1, -0.05) is 37.4 Å². The monoisotopic (exact) mass is 186 g/mol. The quantitative estimate of drug-likeness (QED) is 0.533. The molecule has 0 unspecified atom stereocenters. The molecule has 0 spiro atoms. The Bertz CT molecular complexity index is 346. The van der Waals surface area contributed by atoms with E-state index in [4.69, 9.17) is 0 Å². The summed E-state index contributed by atoms with van der Waals surface area (Å²) in [5.41, 5.74) is 2.35. The van der Waals surface area contributed by atoms with Crippen LogP contribution in [0.2, 0.25) is 0 Å². The lowest BCUT2D eigenvalue weighted by Crippen LogP contribution is -1.87. The van der Waals surface area contributed by atoms with Crippen molar-refractivity contribution in [3.8, 4) is 0 Å². The molecule has 0 amide bonds. The molecule has 70 valence electrons. The first-order chi connectivity index (χ1) is 6.69. The normalized spacial score (nSPS) is 9.14. The molecule has 0 N–H and O–H groups in total. The Balaban J connectivity index is 2.99. The molecule has 0 saturated carbocycles. The molecule has 2 heteroatoms. The summed E-state index contributed by atoms with van der Waals surface area (Å²) < 4.78 is 0. The van der Waals surface area contributed by atoms with E-state index in [9.17, 15) is 9.59 Å². The van der Waals surface area contributed by atoms with Crippen LogP contribution in [-0.2, 0) is 9.59 Å². The van der Waals surface area contributed by atoms with E-state index in [1.807, 2.05) is 0 Å². The lowest BCUT2D eigenvalue weighted by Gasteiger charge is -2.01. The van der Waals surface area contributed by atoms with Gasteiger partial charge in [0.2, 0.25) is 0 Å². The molecule has 1 rings (SSSR count). The van der Waals surface area contributed by atoms with Crippen LogP contribution >= 0.6 is 0 Å². The van der Waals surface area contributed by atoms with Crippen molar-refractivity contribution < 1.29 is 9.59 Å². The molecule has 1 aromatic carbocycles. The SMILES string of the molecule is C=C(C=O)c1ccc(C(=C)C=O)cc1. The summed E-state index contributed by atoms with van der Waals surface area (Å²) in [6, 6.07) is 6.95. The number of benzene rings is 1. The van der Waals surface area contributed by atoms with Crippen LogP contribution in [0, 0.1) is 0 Å². The number of carbonyl (C=O) groups excluding carboxylic acids is 2. The summed E-state index contributed by atoms with van der Waals surface area (Å²) in [5.74, 6) is 0. The number of allylic oxidation sites excluding steroid dienone is 2. The Morgan fingerprint density at radius 2 is 1.14 bits per heavy atom. The lowest BCUT2D eigenvalue weighted by atomic mass is 10.0. The highest BCUT2D eigenvalue weighted by molar-refractivity contribution is 6.07. The van der Waals surface area contributed by atoms with E-state index >= 15 is 0 Å². The maximum Gasteiger partial charge on any atom is 0.150 e. The van der Waals surface area contributed by atoms with Crippen molar-refractivity contribution in [3.63, 3.8) is 0 Å². The standard InChI is InChI=1S/C12H10O2/c1-9(7-13)11-3-5-12(6-4-11)10(2)8-14/h3-8H,1-2H2. The molecule has 0 bridgehead atoms. The average molecular weight is 186 g/mol. The fraction of sp³-hybridized carbons (Fsp3) is 0. The van der Waals surface area contributed by atoms with Gasteiger partial charge in [0.25, 0.3) is 0 Å². The van der Waals surface area contributed by atoms with Crippen LogP contribution in [0.25, 0.3) is 11.1 Å². The summed E-state index contributed by atoms with van der Waals surface area (Å²) in [4.78, 5) is 20.8. The van der Waals surface area contributed by atoms with Gasteiger partial charge in [0, 0.05) is 11.1 Å². The van der Waals surface area contributed by atoms with Gasteiger partial charge in [0.15, 0.2) is 0 Å². The van der Waals surface area contributed by atoms with Crippen LogP contribution in [0.5, 0.6) is 0 Å². The average Bonchev–Trinajstić information content (AvgIpc) is 2.27. The van der Waals surface area contributed by atoms with Gasteiger partial charge in [-0.25, -0.2) is 0 Å². The molecule has 0 saturated heterocycles. The largest absolute Gasteiger partial charge is 0.298 e. The Labute approximate surface area is 82.6 Å². The van der Waals surface area contributed by atoms with Crippen LogP contribution < -0.4 is 0 Å². The molecular weight excluding hydrogens is 176 g/mol. The third-order valence-corrected chi connectivity index (χ3v) is 1.91. The minimum absolute atomic E-state index is 0.424. The smallest absolute Gasteiger partial charge is 0.150 e. The Hall–Kier alpha value is -1.96. The summed E-state index contributed by atoms with van der Waals surface area (Å²) in [6.07, 6.45) is 1.40. The van der Waals surface area contributed by atoms with Gasteiger partial charge in [0.1, 0.15) is 12.6 Å². The molecule has 0 atom stereocenters. The van der Waals surface area contributed by atoms with Crippen molar-refractivity contribution in [1.29, 1.82) is 0 Å². The maximum atomic E-state index is 10.4. The first-order valence-electron chi connectivity index (χ1n) is 4.08. The van der Waals surface area contributed by atoms with Crippen molar-refractivity contribution in [1.82, 2.24) is 0 Å². The second kappa shape index (κ2) is 4.33. The minimum atomic E-state index is 0.424. The van der Waals surface area contributed by atoms with Crippen LogP contribution in [0.15, 0.2) is 37.4 Å². The Kier molecular flexibility index (Phi) is 3.13. The van der Waals surface area contributed by atoms with Crippen LogP contribution in [0.1, 0.15) is 11.1 Å². The van der Waals surface area contributed by atoms with Crippen LogP contribution in [0.3, 0.4) is 0 Å². The Morgan fingerprint density at radius 3 is 1.36 bits per heavy atom. The third-order valence-electron chi connectivity index (χ3n) is 1.91. The predicted molar refractivity (Wildman–Crippen MR) is 56.6 cm³/mol. The number of aldehydes is 2. The molecule has 1 aromatic rings. The number of carbonyl (C=O) groups is 2. The second-order valence-electron chi connectivity index (χ2n) is 2.86. The fourth-order valence-corrected chi connectivity index (χ4v) is 1.03. The van der Waals surface area contributed by atoms with Gasteiger partial charge >= 0.3 is 0 Å². The van der Waals surface area contributed by atoms with Gasteiger partial charge in [-0.15, -0.1) is 0 Å². The van der Waals surface area contributed by atoms with Crippen LogP contribution in [0.4, 0.5) is 0 Å². The zero-order chi connectivity index (χ0) is 10.6. The topological polar surface area (TPSA) is 34.1 Å². The van der Waals surface area contributed by atoms with Gasteiger partial charge in [0.05, 0.1) is 0 Å². The highest BCUT2D eigenvalue weighted by atomic mass is 16.1. The summed E-state index contributed by atoms with van der Waals surface area (Å²) in [5, 5.41) is 0. The summed E-state index contributed by atoms with van der Waals surface area (Å²) in [7, 11) is 0. The fourth-order valence-electron chi connectivity index (χ4n) is 1.03. The van der Waals surface area contributed by atoms with Gasteiger partial charge in [-0.3, -0.25) is 9.59 Å². The first-order valence-corrected chi connectivity index (χ1v) is 4.08. The van der Waals surface area contributed by atoms with Crippen molar-refractivity contribution in [2.24, 2.45) is 0 Å². The molecule has 0 aliphatic heterocycles. The van der Waals surface area contributed by atoms with E-state index in [0.717, 1.165) is 11.1 Å². The van der Waals surface area contributed by atoms with Crippen molar-refractivity contribution in [2.75, 3.05) is 0 Å². The van der Waals surface area contributed by atoms with Gasteiger partial charge in [-0.2, -0.15) is 0 Å². The molecule has 0 fully saturated rings. The molecule has 0 aliphatic rings. The molecule has 0 aliphatic carbocycles. The minimum Gasteiger partial charge on any atom is -0.298 e. The number of rotatable bonds is 4. The van der Waals surface area contributed by atoms with Crippen molar-refractivity contribution in [3.05, 3.63) is 48.6 Å². The molecule has 2 nitrogen and oxygen atoms in total. The van der Waals surface area contributed by atoms with E-state index < -0.39 is 0 Å². The van der Waals surface area contributed by atoms with Crippen molar-refractivity contribution in [2.45, 2.75) is 0 Å². The molecule has 0 radical (unpaired) electrons. The summed E-state index contributed by atoms with van der Waals surface area (Å²) >= 11 is 0.